The number of rotatable bonds is 3. The van der Waals surface area contributed by atoms with Crippen molar-refractivity contribution in [2.75, 3.05) is 0 Å². The second-order valence-corrected chi connectivity index (χ2v) is 2.69. The summed E-state index contributed by atoms with van der Waals surface area (Å²) < 4.78 is 0. The molecule has 4 heteroatoms. The first-order chi connectivity index (χ1) is 6.15. The van der Waals surface area contributed by atoms with Crippen molar-refractivity contribution in [2.24, 2.45) is 5.73 Å². The number of ketones is 1. The smallest absolute Gasteiger partial charge is 0.168 e. The minimum Gasteiger partial charge on any atom is -0.317 e. The van der Waals surface area contributed by atoms with Gasteiger partial charge in [0.05, 0.1) is 5.69 Å². The summed E-state index contributed by atoms with van der Waals surface area (Å²) >= 11 is 0. The first kappa shape index (κ1) is 9.54. The van der Waals surface area contributed by atoms with Crippen molar-refractivity contribution in [1.82, 2.24) is 4.98 Å². The molecule has 0 bridgehead atoms. The van der Waals surface area contributed by atoms with Crippen LogP contribution < -0.4 is 5.73 Å². The molecule has 1 aromatic heterocycles. The maximum Gasteiger partial charge on any atom is 0.168 e. The van der Waals surface area contributed by atoms with Gasteiger partial charge in [0.15, 0.2) is 12.1 Å². The van der Waals surface area contributed by atoms with Crippen molar-refractivity contribution < 1.29 is 9.59 Å². The average Bonchev–Trinajstić information content (AvgIpc) is 2.16. The zero-order valence-corrected chi connectivity index (χ0v) is 7.23. The van der Waals surface area contributed by atoms with Crippen molar-refractivity contribution in [2.45, 2.75) is 13.0 Å². The third kappa shape index (κ3) is 2.19. The molecule has 0 fully saturated rings. The zero-order valence-electron chi connectivity index (χ0n) is 7.23. The van der Waals surface area contributed by atoms with Gasteiger partial charge in [0.1, 0.15) is 11.7 Å². The van der Waals surface area contributed by atoms with Gasteiger partial charge in [-0.15, -0.1) is 0 Å². The highest BCUT2D eigenvalue weighted by Gasteiger charge is 2.12. The Labute approximate surface area is 75.8 Å². The molecule has 0 aliphatic heterocycles. The monoisotopic (exact) mass is 178 g/mol. The van der Waals surface area contributed by atoms with E-state index in [0.29, 0.717) is 12.0 Å². The number of pyridine rings is 1. The van der Waals surface area contributed by atoms with Gasteiger partial charge in [-0.2, -0.15) is 0 Å². The van der Waals surface area contributed by atoms with Crippen LogP contribution in [-0.4, -0.2) is 17.1 Å². The predicted octanol–water partition coefficient (Wildman–Crippen LogP) is 0.483. The van der Waals surface area contributed by atoms with Crippen LogP contribution in [0.1, 0.15) is 29.1 Å². The number of nitrogens with two attached hydrogens (primary N) is 1. The van der Waals surface area contributed by atoms with E-state index in [1.165, 1.54) is 6.92 Å². The molecule has 0 aromatic carbocycles. The summed E-state index contributed by atoms with van der Waals surface area (Å²) in [6.07, 6.45) is 0.621. The lowest BCUT2D eigenvalue weighted by molar-refractivity contribution is -0.118. The SMILES string of the molecule is CC(=O)C(N)c1cccc(C=O)n1. The maximum atomic E-state index is 10.9. The van der Waals surface area contributed by atoms with Gasteiger partial charge in [-0.25, -0.2) is 4.98 Å². The highest BCUT2D eigenvalue weighted by Crippen LogP contribution is 2.07. The number of hydrogen-bond acceptors (Lipinski definition) is 4. The Kier molecular flexibility index (Phi) is 2.87. The summed E-state index contributed by atoms with van der Waals surface area (Å²) in [5.41, 5.74) is 6.25. The van der Waals surface area contributed by atoms with Crippen LogP contribution >= 0.6 is 0 Å². The number of nitrogens with zero attached hydrogens (tertiary/aromatic N) is 1. The van der Waals surface area contributed by atoms with E-state index >= 15 is 0 Å². The summed E-state index contributed by atoms with van der Waals surface area (Å²) in [4.78, 5) is 25.2. The Morgan fingerprint density at radius 2 is 2.31 bits per heavy atom. The minimum atomic E-state index is -0.736. The van der Waals surface area contributed by atoms with E-state index in [2.05, 4.69) is 4.98 Å². The largest absolute Gasteiger partial charge is 0.317 e. The van der Waals surface area contributed by atoms with E-state index in [1.54, 1.807) is 18.2 Å². The Hall–Kier alpha value is -1.55. The van der Waals surface area contributed by atoms with E-state index in [0.717, 1.165) is 0 Å². The number of carbonyl (C=O) groups is 2. The molecule has 0 aliphatic carbocycles. The lowest BCUT2D eigenvalue weighted by Gasteiger charge is -2.06. The lowest BCUT2D eigenvalue weighted by atomic mass is 10.1. The maximum absolute atomic E-state index is 10.9. The predicted molar refractivity (Wildman–Crippen MR) is 47.2 cm³/mol. The van der Waals surface area contributed by atoms with Gasteiger partial charge in [0, 0.05) is 0 Å². The fourth-order valence-electron chi connectivity index (χ4n) is 0.916. The van der Waals surface area contributed by atoms with Crippen molar-refractivity contribution in [1.29, 1.82) is 0 Å². The van der Waals surface area contributed by atoms with Crippen LogP contribution in [0.15, 0.2) is 18.2 Å². The lowest BCUT2D eigenvalue weighted by Crippen LogP contribution is -2.20. The van der Waals surface area contributed by atoms with E-state index < -0.39 is 6.04 Å². The van der Waals surface area contributed by atoms with Crippen LogP contribution in [0.2, 0.25) is 0 Å². The number of aldehydes is 1. The molecule has 2 N–H and O–H groups in total. The number of Topliss-reactive ketones (excluding diaryl/α,β-unsaturated/α-hetero) is 1. The molecule has 1 atom stereocenters. The van der Waals surface area contributed by atoms with Gasteiger partial charge in [-0.05, 0) is 19.1 Å². The Morgan fingerprint density at radius 1 is 1.62 bits per heavy atom. The fourth-order valence-corrected chi connectivity index (χ4v) is 0.916. The molecule has 0 saturated heterocycles. The van der Waals surface area contributed by atoms with Crippen LogP contribution in [0.4, 0.5) is 0 Å². The van der Waals surface area contributed by atoms with Crippen LogP contribution in [0, 0.1) is 0 Å². The standard InChI is InChI=1S/C9H10N2O2/c1-6(13)9(10)8-4-2-3-7(5-12)11-8/h2-5,9H,10H2,1H3. The number of aromatic nitrogens is 1. The fraction of sp³-hybridized carbons (Fsp3) is 0.222. The molecule has 1 heterocycles. The molecule has 1 aromatic rings. The molecule has 1 rings (SSSR count). The average molecular weight is 178 g/mol. The second kappa shape index (κ2) is 3.91. The molecule has 0 spiro atoms. The first-order valence-electron chi connectivity index (χ1n) is 3.83. The highest BCUT2D eigenvalue weighted by atomic mass is 16.1. The normalized spacial score (nSPS) is 12.2. The Morgan fingerprint density at radius 3 is 2.85 bits per heavy atom. The van der Waals surface area contributed by atoms with Crippen LogP contribution in [0.3, 0.4) is 0 Å². The topological polar surface area (TPSA) is 73.1 Å². The molecular weight excluding hydrogens is 168 g/mol. The van der Waals surface area contributed by atoms with Gasteiger partial charge in [0.25, 0.3) is 0 Å². The molecule has 0 radical (unpaired) electrons. The van der Waals surface area contributed by atoms with Gasteiger partial charge in [-0.3, -0.25) is 9.59 Å². The minimum absolute atomic E-state index is 0.171. The molecule has 1 unspecified atom stereocenters. The third-order valence-corrected chi connectivity index (χ3v) is 1.67. The van der Waals surface area contributed by atoms with Crippen LogP contribution in [-0.2, 0) is 4.79 Å². The zero-order chi connectivity index (χ0) is 9.84. The van der Waals surface area contributed by atoms with Gasteiger partial charge in [-0.1, -0.05) is 6.07 Å². The van der Waals surface area contributed by atoms with Crippen molar-refractivity contribution in [3.05, 3.63) is 29.6 Å². The van der Waals surface area contributed by atoms with Crippen molar-refractivity contribution in [3.8, 4) is 0 Å². The van der Waals surface area contributed by atoms with Gasteiger partial charge >= 0.3 is 0 Å². The number of hydrogen-bond donors (Lipinski definition) is 1. The van der Waals surface area contributed by atoms with E-state index in [1.807, 2.05) is 0 Å². The third-order valence-electron chi connectivity index (χ3n) is 1.67. The van der Waals surface area contributed by atoms with E-state index in [4.69, 9.17) is 5.73 Å². The molecule has 68 valence electrons. The summed E-state index contributed by atoms with van der Waals surface area (Å²) in [6.45, 7) is 1.39. The Bertz CT molecular complexity index is 336. The van der Waals surface area contributed by atoms with Crippen molar-refractivity contribution >= 4 is 12.1 Å². The van der Waals surface area contributed by atoms with Crippen LogP contribution in [0.25, 0.3) is 0 Å². The van der Waals surface area contributed by atoms with Gasteiger partial charge in [0.2, 0.25) is 0 Å². The van der Waals surface area contributed by atoms with E-state index in [9.17, 15) is 9.59 Å². The summed E-state index contributed by atoms with van der Waals surface area (Å²) in [7, 11) is 0. The summed E-state index contributed by atoms with van der Waals surface area (Å²) in [5.74, 6) is -0.171. The molecule has 13 heavy (non-hydrogen) atoms. The van der Waals surface area contributed by atoms with E-state index in [-0.39, 0.29) is 11.5 Å². The highest BCUT2D eigenvalue weighted by molar-refractivity contribution is 5.82. The second-order valence-electron chi connectivity index (χ2n) is 2.69. The quantitative estimate of drug-likeness (QED) is 0.683. The first-order valence-corrected chi connectivity index (χ1v) is 3.83. The molecule has 4 nitrogen and oxygen atoms in total. The molecular formula is C9H10N2O2. The molecule has 0 saturated carbocycles. The van der Waals surface area contributed by atoms with Gasteiger partial charge < -0.3 is 5.73 Å². The van der Waals surface area contributed by atoms with Crippen LogP contribution in [0.5, 0.6) is 0 Å². The molecule has 0 amide bonds. The molecule has 0 aliphatic rings. The summed E-state index contributed by atoms with van der Waals surface area (Å²) in [5, 5.41) is 0. The summed E-state index contributed by atoms with van der Waals surface area (Å²) in [6, 6.07) is 4.09. The number of carbonyl (C=O) groups excluding carboxylic acids is 2. The Balaban J connectivity index is 3.01. The van der Waals surface area contributed by atoms with Crippen molar-refractivity contribution in [3.63, 3.8) is 0 Å².